The maximum absolute atomic E-state index is 5.02. The van der Waals surface area contributed by atoms with E-state index < -0.39 is 0 Å². The largest absolute Gasteiger partial charge is 0.368 e. The Morgan fingerprint density at radius 3 is 2.32 bits per heavy atom. The lowest BCUT2D eigenvalue weighted by Gasteiger charge is -2.31. The summed E-state index contributed by atoms with van der Waals surface area (Å²) in [6.45, 7) is 8.51. The fraction of sp³-hybridized carbons (Fsp3) is 0.286. The third-order valence-corrected chi connectivity index (χ3v) is 4.88. The molecule has 0 saturated carbocycles. The van der Waals surface area contributed by atoms with Crippen LogP contribution in [0.2, 0.25) is 0 Å². The third-order valence-electron chi connectivity index (χ3n) is 4.88. The Kier molecular flexibility index (Phi) is 5.26. The summed E-state index contributed by atoms with van der Waals surface area (Å²) in [4.78, 5) is 7.52. The molecule has 4 rings (SSSR count). The van der Waals surface area contributed by atoms with Gasteiger partial charge in [-0.1, -0.05) is 42.5 Å². The number of aryl methyl sites for hydroxylation is 2. The minimum absolute atomic E-state index is 0. The van der Waals surface area contributed by atoms with Crippen molar-refractivity contribution in [3.63, 3.8) is 0 Å². The number of halogens is 1. The van der Waals surface area contributed by atoms with Gasteiger partial charge in [-0.15, -0.1) is 12.4 Å². The van der Waals surface area contributed by atoms with Crippen molar-refractivity contribution < 1.29 is 0 Å². The molecule has 3 aromatic rings. The molecule has 2 heterocycles. The van der Waals surface area contributed by atoms with E-state index in [4.69, 9.17) is 4.98 Å². The second kappa shape index (κ2) is 7.42. The lowest BCUT2D eigenvalue weighted by molar-refractivity contribution is 0.590. The molecule has 1 fully saturated rings. The number of benzene rings is 2. The standard InChI is InChI=1S/C21H23N3.ClH/c1-15-8-9-16(2)21-20(15)19(24-12-10-22-11-13-24)14-18(23-21)17-6-4-3-5-7-17;/h3-9,14,22H,10-13H2,1-2H3;1H. The summed E-state index contributed by atoms with van der Waals surface area (Å²) in [5, 5.41) is 4.75. The highest BCUT2D eigenvalue weighted by molar-refractivity contribution is 5.98. The number of nitrogens with zero attached hydrogens (tertiary/aromatic N) is 2. The van der Waals surface area contributed by atoms with Crippen molar-refractivity contribution in [3.8, 4) is 11.3 Å². The predicted octanol–water partition coefficient (Wildman–Crippen LogP) is 4.35. The monoisotopic (exact) mass is 353 g/mol. The fourth-order valence-corrected chi connectivity index (χ4v) is 3.53. The minimum Gasteiger partial charge on any atom is -0.368 e. The summed E-state index contributed by atoms with van der Waals surface area (Å²) in [7, 11) is 0. The van der Waals surface area contributed by atoms with Crippen molar-refractivity contribution in [3.05, 3.63) is 59.7 Å². The fourth-order valence-electron chi connectivity index (χ4n) is 3.53. The summed E-state index contributed by atoms with van der Waals surface area (Å²) >= 11 is 0. The molecule has 1 aliphatic heterocycles. The summed E-state index contributed by atoms with van der Waals surface area (Å²) in [6, 6.07) is 17.2. The van der Waals surface area contributed by atoms with Crippen LogP contribution in [0.3, 0.4) is 0 Å². The van der Waals surface area contributed by atoms with Crippen molar-refractivity contribution >= 4 is 29.0 Å². The van der Waals surface area contributed by atoms with Gasteiger partial charge in [-0.05, 0) is 31.0 Å². The zero-order valence-electron chi connectivity index (χ0n) is 14.7. The van der Waals surface area contributed by atoms with Crippen LogP contribution in [-0.2, 0) is 0 Å². The Bertz CT molecular complexity index is 871. The number of aromatic nitrogens is 1. The Hall–Kier alpha value is -2.10. The highest BCUT2D eigenvalue weighted by atomic mass is 35.5. The molecule has 0 atom stereocenters. The lowest BCUT2D eigenvalue weighted by atomic mass is 10.0. The quantitative estimate of drug-likeness (QED) is 0.742. The second-order valence-corrected chi connectivity index (χ2v) is 6.55. The predicted molar refractivity (Wildman–Crippen MR) is 109 cm³/mol. The first-order valence-electron chi connectivity index (χ1n) is 8.66. The van der Waals surface area contributed by atoms with Crippen molar-refractivity contribution in [2.45, 2.75) is 13.8 Å². The van der Waals surface area contributed by atoms with E-state index in [0.29, 0.717) is 0 Å². The van der Waals surface area contributed by atoms with Gasteiger partial charge in [0, 0.05) is 42.8 Å². The van der Waals surface area contributed by atoms with Crippen LogP contribution >= 0.6 is 12.4 Å². The SMILES string of the molecule is Cc1ccc(C)c2c(N3CCNCC3)cc(-c3ccccc3)nc12.Cl. The Morgan fingerprint density at radius 1 is 0.920 bits per heavy atom. The van der Waals surface area contributed by atoms with Crippen molar-refractivity contribution in [1.29, 1.82) is 0 Å². The molecule has 0 spiro atoms. The Labute approximate surface area is 155 Å². The van der Waals surface area contributed by atoms with E-state index in [0.717, 1.165) is 37.4 Å². The van der Waals surface area contributed by atoms with E-state index in [-0.39, 0.29) is 12.4 Å². The zero-order valence-corrected chi connectivity index (χ0v) is 15.6. The molecule has 4 heteroatoms. The Balaban J connectivity index is 0.00000182. The van der Waals surface area contributed by atoms with Gasteiger partial charge in [0.1, 0.15) is 0 Å². The van der Waals surface area contributed by atoms with Crippen LogP contribution in [-0.4, -0.2) is 31.2 Å². The van der Waals surface area contributed by atoms with Gasteiger partial charge in [0.25, 0.3) is 0 Å². The van der Waals surface area contributed by atoms with E-state index in [1.165, 1.54) is 27.8 Å². The van der Waals surface area contributed by atoms with Gasteiger partial charge >= 0.3 is 0 Å². The number of rotatable bonds is 2. The topological polar surface area (TPSA) is 28.2 Å². The van der Waals surface area contributed by atoms with Crippen LogP contribution in [0.5, 0.6) is 0 Å². The first kappa shape index (κ1) is 17.7. The molecular formula is C21H24ClN3. The molecule has 0 amide bonds. The molecule has 1 N–H and O–H groups in total. The molecule has 2 aromatic carbocycles. The number of piperazine rings is 1. The van der Waals surface area contributed by atoms with Gasteiger partial charge in [-0.3, -0.25) is 0 Å². The smallest absolute Gasteiger partial charge is 0.0762 e. The normalized spacial score (nSPS) is 14.4. The van der Waals surface area contributed by atoms with Gasteiger partial charge in [0.2, 0.25) is 0 Å². The van der Waals surface area contributed by atoms with Gasteiger partial charge in [0.05, 0.1) is 11.2 Å². The van der Waals surface area contributed by atoms with Gasteiger partial charge in [0.15, 0.2) is 0 Å². The van der Waals surface area contributed by atoms with Crippen LogP contribution < -0.4 is 10.2 Å². The molecule has 0 bridgehead atoms. The number of hydrogen-bond donors (Lipinski definition) is 1. The van der Waals surface area contributed by atoms with E-state index in [1.54, 1.807) is 0 Å². The third kappa shape index (κ3) is 3.35. The molecule has 3 nitrogen and oxygen atoms in total. The van der Waals surface area contributed by atoms with Gasteiger partial charge in [-0.25, -0.2) is 4.98 Å². The van der Waals surface area contributed by atoms with Crippen LogP contribution in [0.1, 0.15) is 11.1 Å². The average Bonchev–Trinajstić information content (AvgIpc) is 2.65. The van der Waals surface area contributed by atoms with Gasteiger partial charge < -0.3 is 10.2 Å². The molecular weight excluding hydrogens is 330 g/mol. The Morgan fingerprint density at radius 2 is 1.60 bits per heavy atom. The second-order valence-electron chi connectivity index (χ2n) is 6.55. The van der Waals surface area contributed by atoms with Crippen LogP contribution in [0, 0.1) is 13.8 Å². The van der Waals surface area contributed by atoms with E-state index >= 15 is 0 Å². The molecule has 1 aliphatic rings. The highest BCUT2D eigenvalue weighted by Crippen LogP contribution is 2.34. The van der Waals surface area contributed by atoms with Crippen LogP contribution in [0.4, 0.5) is 5.69 Å². The number of fused-ring (bicyclic) bond motifs is 1. The highest BCUT2D eigenvalue weighted by Gasteiger charge is 2.18. The number of hydrogen-bond acceptors (Lipinski definition) is 3. The first-order chi connectivity index (χ1) is 11.7. The lowest BCUT2D eigenvalue weighted by Crippen LogP contribution is -2.43. The van der Waals surface area contributed by atoms with Crippen molar-refractivity contribution in [2.24, 2.45) is 0 Å². The number of anilines is 1. The van der Waals surface area contributed by atoms with E-state index in [1.807, 2.05) is 0 Å². The van der Waals surface area contributed by atoms with Gasteiger partial charge in [-0.2, -0.15) is 0 Å². The molecule has 1 aromatic heterocycles. The molecule has 0 radical (unpaired) electrons. The summed E-state index contributed by atoms with van der Waals surface area (Å²) in [6.07, 6.45) is 0. The minimum atomic E-state index is 0. The molecule has 0 unspecified atom stereocenters. The van der Waals surface area contributed by atoms with Crippen LogP contribution in [0.25, 0.3) is 22.2 Å². The summed E-state index contributed by atoms with van der Waals surface area (Å²) in [5.74, 6) is 0. The molecule has 25 heavy (non-hydrogen) atoms. The maximum atomic E-state index is 5.02. The van der Waals surface area contributed by atoms with E-state index in [2.05, 4.69) is 72.6 Å². The first-order valence-corrected chi connectivity index (χ1v) is 8.66. The number of nitrogens with one attached hydrogen (secondary N) is 1. The summed E-state index contributed by atoms with van der Waals surface area (Å²) in [5.41, 5.74) is 7.23. The van der Waals surface area contributed by atoms with Crippen molar-refractivity contribution in [2.75, 3.05) is 31.1 Å². The van der Waals surface area contributed by atoms with Crippen LogP contribution in [0.15, 0.2) is 48.5 Å². The maximum Gasteiger partial charge on any atom is 0.0762 e. The van der Waals surface area contributed by atoms with E-state index in [9.17, 15) is 0 Å². The average molecular weight is 354 g/mol. The molecule has 1 saturated heterocycles. The zero-order chi connectivity index (χ0) is 16.5. The number of pyridine rings is 1. The van der Waals surface area contributed by atoms with Crippen molar-refractivity contribution in [1.82, 2.24) is 10.3 Å². The summed E-state index contributed by atoms with van der Waals surface area (Å²) < 4.78 is 0. The molecule has 130 valence electrons. The molecule has 0 aliphatic carbocycles.